The monoisotopic (exact) mass is 280 g/mol. The number of amides is 2. The molecule has 112 valence electrons. The highest BCUT2D eigenvalue weighted by Gasteiger charge is 2.20. The van der Waals surface area contributed by atoms with Gasteiger partial charge in [-0.3, -0.25) is 0 Å². The third-order valence-corrected chi connectivity index (χ3v) is 3.20. The molecule has 0 heterocycles. The molecule has 1 aromatic carbocycles. The summed E-state index contributed by atoms with van der Waals surface area (Å²) in [4.78, 5) is 13.5. The Morgan fingerprint density at radius 3 is 2.40 bits per heavy atom. The second kappa shape index (κ2) is 7.75. The molecule has 1 aromatic rings. The van der Waals surface area contributed by atoms with Crippen molar-refractivity contribution in [1.29, 1.82) is 0 Å². The molecule has 0 saturated heterocycles. The highest BCUT2D eigenvalue weighted by atomic mass is 16.5. The molecule has 0 aromatic heterocycles. The molecule has 0 bridgehead atoms. The van der Waals surface area contributed by atoms with Crippen LogP contribution in [0, 0.1) is 5.92 Å². The van der Waals surface area contributed by atoms with Gasteiger partial charge < -0.3 is 20.1 Å². The quantitative estimate of drug-likeness (QED) is 0.838. The van der Waals surface area contributed by atoms with E-state index in [9.17, 15) is 4.79 Å². The maximum Gasteiger partial charge on any atom is 0.317 e. The van der Waals surface area contributed by atoms with Gasteiger partial charge in [-0.15, -0.1) is 0 Å². The molecule has 20 heavy (non-hydrogen) atoms. The van der Waals surface area contributed by atoms with Gasteiger partial charge in [-0.2, -0.15) is 0 Å². The molecule has 1 rings (SSSR count). The second-order valence-corrected chi connectivity index (χ2v) is 5.09. The Morgan fingerprint density at radius 1 is 1.35 bits per heavy atom. The van der Waals surface area contributed by atoms with Crippen LogP contribution in [0.3, 0.4) is 0 Å². The summed E-state index contributed by atoms with van der Waals surface area (Å²) in [6, 6.07) is 7.41. The van der Waals surface area contributed by atoms with Gasteiger partial charge in [-0.1, -0.05) is 26.0 Å². The lowest BCUT2D eigenvalue weighted by Crippen LogP contribution is -2.42. The molecular formula is C15H24N2O3. The number of carbonyl (C=O) groups is 1. The van der Waals surface area contributed by atoms with E-state index in [2.05, 4.69) is 19.2 Å². The first-order valence-electron chi connectivity index (χ1n) is 6.76. The fraction of sp³-hybridized carbons (Fsp3) is 0.533. The maximum atomic E-state index is 12.0. The van der Waals surface area contributed by atoms with Gasteiger partial charge in [0.25, 0.3) is 0 Å². The van der Waals surface area contributed by atoms with Crippen molar-refractivity contribution in [3.8, 4) is 5.75 Å². The van der Waals surface area contributed by atoms with Gasteiger partial charge in [-0.25, -0.2) is 4.79 Å². The SMILES string of the molecule is COc1ccc(C(NC(=O)N(C)CCO)C(C)C)cc1. The first-order chi connectivity index (χ1) is 9.49. The van der Waals surface area contributed by atoms with Crippen LogP contribution in [0.2, 0.25) is 0 Å². The van der Waals surface area contributed by atoms with Crippen molar-refractivity contribution in [2.24, 2.45) is 5.92 Å². The minimum absolute atomic E-state index is 0.0429. The summed E-state index contributed by atoms with van der Waals surface area (Å²) in [7, 11) is 3.29. The number of aliphatic hydroxyl groups is 1. The van der Waals surface area contributed by atoms with Gasteiger partial charge in [0.05, 0.1) is 19.8 Å². The number of methoxy groups -OCH3 is 1. The first-order valence-corrected chi connectivity index (χ1v) is 6.76. The van der Waals surface area contributed by atoms with Gasteiger partial charge in [0, 0.05) is 13.6 Å². The standard InChI is InChI=1S/C15H24N2O3/c1-11(2)14(16-15(19)17(3)9-10-18)12-5-7-13(20-4)8-6-12/h5-8,11,14,18H,9-10H2,1-4H3,(H,16,19). The molecule has 2 amide bonds. The topological polar surface area (TPSA) is 61.8 Å². The summed E-state index contributed by atoms with van der Waals surface area (Å²) >= 11 is 0. The van der Waals surface area contributed by atoms with Crippen LogP contribution in [0.5, 0.6) is 5.75 Å². The smallest absolute Gasteiger partial charge is 0.317 e. The average Bonchev–Trinajstić information content (AvgIpc) is 2.44. The largest absolute Gasteiger partial charge is 0.497 e. The van der Waals surface area contributed by atoms with Gasteiger partial charge in [0.2, 0.25) is 0 Å². The van der Waals surface area contributed by atoms with Crippen LogP contribution in [0.1, 0.15) is 25.5 Å². The van der Waals surface area contributed by atoms with E-state index in [4.69, 9.17) is 9.84 Å². The minimum atomic E-state index is -0.187. The number of rotatable bonds is 6. The van der Waals surface area contributed by atoms with E-state index in [1.54, 1.807) is 14.2 Å². The van der Waals surface area contributed by atoms with E-state index in [1.165, 1.54) is 4.90 Å². The zero-order valence-electron chi connectivity index (χ0n) is 12.6. The summed E-state index contributed by atoms with van der Waals surface area (Å²) < 4.78 is 5.14. The molecule has 1 unspecified atom stereocenters. The number of nitrogens with zero attached hydrogens (tertiary/aromatic N) is 1. The van der Waals surface area contributed by atoms with E-state index in [0.717, 1.165) is 11.3 Å². The molecule has 0 aliphatic heterocycles. The van der Waals surface area contributed by atoms with E-state index in [-0.39, 0.29) is 24.6 Å². The van der Waals surface area contributed by atoms with Crippen molar-refractivity contribution in [3.05, 3.63) is 29.8 Å². The van der Waals surface area contributed by atoms with Crippen molar-refractivity contribution in [3.63, 3.8) is 0 Å². The van der Waals surface area contributed by atoms with E-state index in [0.29, 0.717) is 6.54 Å². The van der Waals surface area contributed by atoms with Crippen LogP contribution in [0.25, 0.3) is 0 Å². The maximum absolute atomic E-state index is 12.0. The number of hydrogen-bond acceptors (Lipinski definition) is 3. The third-order valence-electron chi connectivity index (χ3n) is 3.20. The normalized spacial score (nSPS) is 12.1. The Morgan fingerprint density at radius 2 is 1.95 bits per heavy atom. The molecule has 0 fully saturated rings. The van der Waals surface area contributed by atoms with Crippen LogP contribution >= 0.6 is 0 Å². The van der Waals surface area contributed by atoms with Gasteiger partial charge in [0.1, 0.15) is 5.75 Å². The van der Waals surface area contributed by atoms with Crippen LogP contribution in [-0.4, -0.2) is 43.3 Å². The first kappa shape index (κ1) is 16.3. The number of benzene rings is 1. The second-order valence-electron chi connectivity index (χ2n) is 5.09. The summed E-state index contributed by atoms with van der Waals surface area (Å²) in [5.74, 6) is 1.05. The van der Waals surface area contributed by atoms with Crippen molar-refractivity contribution in [1.82, 2.24) is 10.2 Å². The third kappa shape index (κ3) is 4.42. The van der Waals surface area contributed by atoms with Crippen LogP contribution < -0.4 is 10.1 Å². The Bertz CT molecular complexity index is 418. The molecule has 5 heteroatoms. The Balaban J connectivity index is 2.80. The molecule has 0 aliphatic rings. The Kier molecular flexibility index (Phi) is 6.31. The van der Waals surface area contributed by atoms with E-state index >= 15 is 0 Å². The van der Waals surface area contributed by atoms with Crippen molar-refractivity contribution in [2.45, 2.75) is 19.9 Å². The highest BCUT2D eigenvalue weighted by Crippen LogP contribution is 2.24. The number of likely N-dealkylation sites (N-methyl/N-ethyl adjacent to an activating group) is 1. The summed E-state index contributed by atoms with van der Waals surface area (Å²) in [6.45, 7) is 4.39. The fourth-order valence-electron chi connectivity index (χ4n) is 1.94. The summed E-state index contributed by atoms with van der Waals surface area (Å²) in [5, 5.41) is 11.9. The minimum Gasteiger partial charge on any atom is -0.497 e. The molecule has 0 radical (unpaired) electrons. The Labute approximate surface area is 120 Å². The number of carbonyl (C=O) groups excluding carboxylic acids is 1. The molecule has 0 aliphatic carbocycles. The number of urea groups is 1. The fourth-order valence-corrected chi connectivity index (χ4v) is 1.94. The number of hydrogen-bond donors (Lipinski definition) is 2. The lowest BCUT2D eigenvalue weighted by atomic mass is 9.96. The molecular weight excluding hydrogens is 256 g/mol. The number of nitrogens with one attached hydrogen (secondary N) is 1. The lowest BCUT2D eigenvalue weighted by Gasteiger charge is -2.26. The molecule has 2 N–H and O–H groups in total. The average molecular weight is 280 g/mol. The number of ether oxygens (including phenoxy) is 1. The summed E-state index contributed by atoms with van der Waals surface area (Å²) in [6.07, 6.45) is 0. The van der Waals surface area contributed by atoms with Crippen LogP contribution in [0.4, 0.5) is 4.79 Å². The van der Waals surface area contributed by atoms with Crippen molar-refractivity contribution < 1.29 is 14.6 Å². The molecule has 0 saturated carbocycles. The zero-order chi connectivity index (χ0) is 15.1. The lowest BCUT2D eigenvalue weighted by molar-refractivity contribution is 0.184. The summed E-state index contributed by atoms with van der Waals surface area (Å²) in [5.41, 5.74) is 1.03. The van der Waals surface area contributed by atoms with Gasteiger partial charge in [0.15, 0.2) is 0 Å². The zero-order valence-corrected chi connectivity index (χ0v) is 12.6. The molecule has 5 nitrogen and oxygen atoms in total. The molecule has 0 spiro atoms. The highest BCUT2D eigenvalue weighted by molar-refractivity contribution is 5.74. The molecule has 1 atom stereocenters. The predicted molar refractivity (Wildman–Crippen MR) is 78.8 cm³/mol. The van der Waals surface area contributed by atoms with Crippen molar-refractivity contribution in [2.75, 3.05) is 27.3 Å². The Hall–Kier alpha value is -1.75. The van der Waals surface area contributed by atoms with Crippen molar-refractivity contribution >= 4 is 6.03 Å². The predicted octanol–water partition coefficient (Wildman–Crippen LogP) is 2.03. The van der Waals surface area contributed by atoms with E-state index < -0.39 is 0 Å². The van der Waals surface area contributed by atoms with Gasteiger partial charge >= 0.3 is 6.03 Å². The van der Waals surface area contributed by atoms with Crippen LogP contribution in [0.15, 0.2) is 24.3 Å². The van der Waals surface area contributed by atoms with Crippen LogP contribution in [-0.2, 0) is 0 Å². The van der Waals surface area contributed by atoms with E-state index in [1.807, 2.05) is 24.3 Å². The van der Waals surface area contributed by atoms with Gasteiger partial charge in [-0.05, 0) is 23.6 Å². The number of aliphatic hydroxyl groups excluding tert-OH is 1.